The van der Waals surface area contributed by atoms with E-state index in [0.29, 0.717) is 12.0 Å². The topological polar surface area (TPSA) is 55.1 Å². The van der Waals surface area contributed by atoms with Gasteiger partial charge in [-0.05, 0) is 18.8 Å². The molecule has 0 aromatic heterocycles. The van der Waals surface area contributed by atoms with Crippen LogP contribution in [0, 0.1) is 5.92 Å². The van der Waals surface area contributed by atoms with Gasteiger partial charge in [-0.25, -0.2) is 0 Å². The minimum atomic E-state index is -0.201. The maximum atomic E-state index is 11.0. The van der Waals surface area contributed by atoms with E-state index in [-0.39, 0.29) is 11.9 Å². The maximum Gasteiger partial charge on any atom is 0.234 e. The molecule has 3 N–H and O–H groups in total. The van der Waals surface area contributed by atoms with E-state index in [1.807, 2.05) is 13.8 Å². The third-order valence-corrected chi connectivity index (χ3v) is 2.44. The van der Waals surface area contributed by atoms with Crippen LogP contribution >= 0.6 is 0 Å². The van der Waals surface area contributed by atoms with Gasteiger partial charge in [-0.2, -0.15) is 0 Å². The van der Waals surface area contributed by atoms with E-state index in [4.69, 9.17) is 5.73 Å². The average Bonchev–Trinajstić information content (AvgIpc) is 1.80. The predicted molar refractivity (Wildman–Crippen MR) is 48.6 cm³/mol. The molecule has 0 saturated heterocycles. The van der Waals surface area contributed by atoms with Crippen LogP contribution in [0.3, 0.4) is 0 Å². The van der Waals surface area contributed by atoms with Gasteiger partial charge < -0.3 is 11.1 Å². The van der Waals surface area contributed by atoms with Crippen LogP contribution in [0.1, 0.15) is 33.1 Å². The first-order valence-corrected chi connectivity index (χ1v) is 4.66. The summed E-state index contributed by atoms with van der Waals surface area (Å²) in [6.07, 6.45) is 3.54. The Bertz CT molecular complexity index is 164. The smallest absolute Gasteiger partial charge is 0.234 e. The Hall–Kier alpha value is -0.570. The predicted octanol–water partition coefficient (Wildman–Crippen LogP) is 0.638. The summed E-state index contributed by atoms with van der Waals surface area (Å²) in [4.78, 5) is 11.0. The number of hydrogen-bond donors (Lipinski definition) is 2. The standard InChI is InChI=1S/C9H18N2O/c1-6(2)11-8(9(10)12)7-4-3-5-7/h6-8,11H,3-5H2,1-2H3,(H2,10,12). The Morgan fingerprint density at radius 2 is 2.08 bits per heavy atom. The third-order valence-electron chi connectivity index (χ3n) is 2.44. The van der Waals surface area contributed by atoms with Crippen molar-refractivity contribution < 1.29 is 4.79 Å². The molecule has 1 aliphatic rings. The van der Waals surface area contributed by atoms with Crippen molar-refractivity contribution in [1.29, 1.82) is 0 Å². The van der Waals surface area contributed by atoms with Crippen molar-refractivity contribution in [2.24, 2.45) is 11.7 Å². The zero-order chi connectivity index (χ0) is 9.14. The van der Waals surface area contributed by atoms with Gasteiger partial charge in [-0.15, -0.1) is 0 Å². The molecule has 1 amide bonds. The van der Waals surface area contributed by atoms with E-state index in [2.05, 4.69) is 5.32 Å². The molecule has 0 heterocycles. The highest BCUT2D eigenvalue weighted by Crippen LogP contribution is 2.29. The lowest BCUT2D eigenvalue weighted by atomic mass is 9.79. The van der Waals surface area contributed by atoms with Crippen molar-refractivity contribution in [1.82, 2.24) is 5.32 Å². The van der Waals surface area contributed by atoms with Gasteiger partial charge in [0.2, 0.25) is 5.91 Å². The molecule has 0 aromatic carbocycles. The first-order valence-electron chi connectivity index (χ1n) is 4.66. The molecule has 3 heteroatoms. The second-order valence-corrected chi connectivity index (χ2v) is 3.89. The molecule has 0 aromatic rings. The number of rotatable bonds is 4. The Kier molecular flexibility index (Phi) is 3.09. The average molecular weight is 170 g/mol. The van der Waals surface area contributed by atoms with Crippen LogP contribution in [0.4, 0.5) is 0 Å². The zero-order valence-corrected chi connectivity index (χ0v) is 7.84. The van der Waals surface area contributed by atoms with E-state index >= 15 is 0 Å². The Balaban J connectivity index is 2.42. The normalized spacial score (nSPS) is 20.6. The number of carbonyl (C=O) groups is 1. The van der Waals surface area contributed by atoms with Gasteiger partial charge in [0.25, 0.3) is 0 Å². The molecule has 1 fully saturated rings. The highest BCUT2D eigenvalue weighted by atomic mass is 16.1. The van der Waals surface area contributed by atoms with Crippen LogP contribution in [0.25, 0.3) is 0 Å². The first kappa shape index (κ1) is 9.52. The summed E-state index contributed by atoms with van der Waals surface area (Å²) >= 11 is 0. The maximum absolute atomic E-state index is 11.0. The van der Waals surface area contributed by atoms with Gasteiger partial charge in [0.1, 0.15) is 0 Å². The lowest BCUT2D eigenvalue weighted by molar-refractivity contribution is -0.122. The fraction of sp³-hybridized carbons (Fsp3) is 0.889. The number of nitrogens with one attached hydrogen (secondary N) is 1. The van der Waals surface area contributed by atoms with Crippen LogP contribution in [0.2, 0.25) is 0 Å². The first-order chi connectivity index (χ1) is 5.61. The summed E-state index contributed by atoms with van der Waals surface area (Å²) in [6.45, 7) is 4.07. The lowest BCUT2D eigenvalue weighted by Crippen LogP contribution is -2.51. The van der Waals surface area contributed by atoms with Gasteiger partial charge in [0.15, 0.2) is 0 Å². The van der Waals surface area contributed by atoms with Crippen molar-refractivity contribution in [3.8, 4) is 0 Å². The van der Waals surface area contributed by atoms with Gasteiger partial charge >= 0.3 is 0 Å². The molecule has 1 unspecified atom stereocenters. The molecule has 3 nitrogen and oxygen atoms in total. The van der Waals surface area contributed by atoms with Crippen molar-refractivity contribution in [2.45, 2.75) is 45.2 Å². The molecule has 0 radical (unpaired) electrons. The number of hydrogen-bond acceptors (Lipinski definition) is 2. The SMILES string of the molecule is CC(C)NC(C(N)=O)C1CCC1. The third kappa shape index (κ3) is 2.21. The minimum Gasteiger partial charge on any atom is -0.368 e. The van der Waals surface area contributed by atoms with Crippen LogP contribution < -0.4 is 11.1 Å². The molecule has 70 valence electrons. The van der Waals surface area contributed by atoms with Crippen molar-refractivity contribution in [3.63, 3.8) is 0 Å². The van der Waals surface area contributed by atoms with Crippen molar-refractivity contribution in [3.05, 3.63) is 0 Å². The lowest BCUT2D eigenvalue weighted by Gasteiger charge is -2.33. The number of amides is 1. The monoisotopic (exact) mass is 170 g/mol. The summed E-state index contributed by atoms with van der Waals surface area (Å²) in [5.41, 5.74) is 5.29. The molecular formula is C9H18N2O. The number of carbonyl (C=O) groups excluding carboxylic acids is 1. The summed E-state index contributed by atoms with van der Waals surface area (Å²) in [6, 6.07) is 0.238. The summed E-state index contributed by atoms with van der Waals surface area (Å²) in [7, 11) is 0. The number of nitrogens with two attached hydrogens (primary N) is 1. The van der Waals surface area contributed by atoms with E-state index in [9.17, 15) is 4.79 Å². The fourth-order valence-corrected chi connectivity index (χ4v) is 1.58. The summed E-state index contributed by atoms with van der Waals surface area (Å²) < 4.78 is 0. The Morgan fingerprint density at radius 3 is 2.33 bits per heavy atom. The van der Waals surface area contributed by atoms with Crippen LogP contribution in [0.5, 0.6) is 0 Å². The van der Waals surface area contributed by atoms with E-state index in [1.165, 1.54) is 6.42 Å². The van der Waals surface area contributed by atoms with Gasteiger partial charge in [-0.1, -0.05) is 20.3 Å². The Labute approximate surface area is 73.7 Å². The van der Waals surface area contributed by atoms with Crippen LogP contribution in [0.15, 0.2) is 0 Å². The summed E-state index contributed by atoms with van der Waals surface area (Å²) in [5, 5.41) is 3.21. The second kappa shape index (κ2) is 3.90. The largest absolute Gasteiger partial charge is 0.368 e. The van der Waals surface area contributed by atoms with E-state index in [0.717, 1.165) is 12.8 Å². The number of primary amides is 1. The molecular weight excluding hydrogens is 152 g/mol. The van der Waals surface area contributed by atoms with Crippen LogP contribution in [-0.4, -0.2) is 18.0 Å². The minimum absolute atomic E-state index is 0.0984. The molecule has 0 spiro atoms. The fourth-order valence-electron chi connectivity index (χ4n) is 1.58. The zero-order valence-electron chi connectivity index (χ0n) is 7.84. The van der Waals surface area contributed by atoms with E-state index in [1.54, 1.807) is 0 Å². The molecule has 0 bridgehead atoms. The van der Waals surface area contributed by atoms with Crippen molar-refractivity contribution >= 4 is 5.91 Å². The Morgan fingerprint density at radius 1 is 1.50 bits per heavy atom. The summed E-state index contributed by atoms with van der Waals surface area (Å²) in [5.74, 6) is 0.290. The van der Waals surface area contributed by atoms with Gasteiger partial charge in [0, 0.05) is 6.04 Å². The van der Waals surface area contributed by atoms with E-state index < -0.39 is 0 Å². The second-order valence-electron chi connectivity index (χ2n) is 3.89. The molecule has 0 aliphatic heterocycles. The van der Waals surface area contributed by atoms with Crippen molar-refractivity contribution in [2.75, 3.05) is 0 Å². The molecule has 12 heavy (non-hydrogen) atoms. The quantitative estimate of drug-likeness (QED) is 0.650. The molecule has 1 saturated carbocycles. The van der Waals surface area contributed by atoms with Gasteiger partial charge in [-0.3, -0.25) is 4.79 Å². The van der Waals surface area contributed by atoms with Gasteiger partial charge in [0.05, 0.1) is 6.04 Å². The molecule has 1 atom stereocenters. The van der Waals surface area contributed by atoms with Crippen LogP contribution in [-0.2, 0) is 4.79 Å². The highest BCUT2D eigenvalue weighted by Gasteiger charge is 2.31. The molecule has 1 aliphatic carbocycles. The highest BCUT2D eigenvalue weighted by molar-refractivity contribution is 5.80. The molecule has 1 rings (SSSR count).